The monoisotopic (exact) mass is 384 g/mol. The molecule has 0 saturated heterocycles. The van der Waals surface area contributed by atoms with E-state index in [0.29, 0.717) is 6.42 Å². The highest BCUT2D eigenvalue weighted by Gasteiger charge is 2.47. The highest BCUT2D eigenvalue weighted by Crippen LogP contribution is 2.51. The van der Waals surface area contributed by atoms with Crippen LogP contribution in [0.15, 0.2) is 47.6 Å². The topological polar surface area (TPSA) is 76.1 Å². The molecule has 26 heavy (non-hydrogen) atoms. The molecule has 2 aromatic rings. The van der Waals surface area contributed by atoms with Gasteiger partial charge in [0.25, 0.3) is 0 Å². The van der Waals surface area contributed by atoms with Gasteiger partial charge in [-0.25, -0.2) is 13.4 Å². The lowest BCUT2D eigenvalue weighted by Crippen LogP contribution is -2.16. The molecule has 1 aromatic carbocycles. The third-order valence-electron chi connectivity index (χ3n) is 4.18. The molecule has 0 aliphatic heterocycles. The van der Waals surface area contributed by atoms with E-state index in [1.54, 1.807) is 0 Å². The third-order valence-corrected chi connectivity index (χ3v) is 5.18. The van der Waals surface area contributed by atoms with Crippen molar-refractivity contribution in [3.8, 4) is 0 Å². The van der Waals surface area contributed by atoms with Gasteiger partial charge in [-0.05, 0) is 36.1 Å². The van der Waals surface area contributed by atoms with Crippen LogP contribution in [0.1, 0.15) is 23.5 Å². The maximum absolute atomic E-state index is 13.1. The van der Waals surface area contributed by atoms with Crippen LogP contribution in [0.2, 0.25) is 0 Å². The van der Waals surface area contributed by atoms with Crippen LogP contribution in [0.3, 0.4) is 0 Å². The van der Waals surface area contributed by atoms with E-state index in [2.05, 4.69) is 10.3 Å². The summed E-state index contributed by atoms with van der Waals surface area (Å²) in [4.78, 5) is 16.0. The van der Waals surface area contributed by atoms with Crippen LogP contribution in [-0.4, -0.2) is 25.6 Å². The van der Waals surface area contributed by atoms with E-state index in [9.17, 15) is 26.4 Å². The molecule has 1 fully saturated rings. The number of nitrogens with one attached hydrogen (secondary N) is 1. The average Bonchev–Trinajstić information content (AvgIpc) is 3.34. The third kappa shape index (κ3) is 3.87. The molecule has 1 N–H and O–H groups in total. The van der Waals surface area contributed by atoms with Crippen LogP contribution in [0.4, 0.5) is 18.9 Å². The van der Waals surface area contributed by atoms with Gasteiger partial charge in [0, 0.05) is 12.2 Å². The van der Waals surface area contributed by atoms with Gasteiger partial charge < -0.3 is 5.32 Å². The molecule has 0 bridgehead atoms. The summed E-state index contributed by atoms with van der Waals surface area (Å²) in [7, 11) is -3.45. The number of benzene rings is 1. The number of anilines is 1. The van der Waals surface area contributed by atoms with Crippen LogP contribution in [0, 0.1) is 5.92 Å². The van der Waals surface area contributed by atoms with Gasteiger partial charge in [0.05, 0.1) is 17.4 Å². The van der Waals surface area contributed by atoms with E-state index < -0.39 is 39.3 Å². The van der Waals surface area contributed by atoms with Gasteiger partial charge in [-0.1, -0.05) is 18.2 Å². The molecule has 0 spiro atoms. The highest BCUT2D eigenvalue weighted by molar-refractivity contribution is 7.90. The number of rotatable bonds is 4. The summed E-state index contributed by atoms with van der Waals surface area (Å²) in [6, 6.07) is 7.89. The van der Waals surface area contributed by atoms with Crippen LogP contribution < -0.4 is 5.32 Å². The summed E-state index contributed by atoms with van der Waals surface area (Å²) in [5.41, 5.74) is -0.317. The second-order valence-electron chi connectivity index (χ2n) is 6.18. The number of carbonyl (C=O) groups excluding carboxylic acids is 1. The average molecular weight is 384 g/mol. The van der Waals surface area contributed by atoms with Gasteiger partial charge in [-0.3, -0.25) is 4.79 Å². The molecule has 5 nitrogen and oxygen atoms in total. The predicted octanol–water partition coefficient (Wildman–Crippen LogP) is 3.25. The Morgan fingerprint density at radius 3 is 2.46 bits per heavy atom. The second-order valence-corrected chi connectivity index (χ2v) is 8.14. The lowest BCUT2D eigenvalue weighted by atomic mass is 10.0. The van der Waals surface area contributed by atoms with Crippen molar-refractivity contribution in [2.75, 3.05) is 11.6 Å². The fraction of sp³-hybridized carbons (Fsp3) is 0.294. The van der Waals surface area contributed by atoms with Crippen LogP contribution in [0.25, 0.3) is 0 Å². The zero-order valence-corrected chi connectivity index (χ0v) is 14.4. The minimum Gasteiger partial charge on any atom is -0.324 e. The number of hydrogen-bond acceptors (Lipinski definition) is 4. The summed E-state index contributed by atoms with van der Waals surface area (Å²) < 4.78 is 62.0. The van der Waals surface area contributed by atoms with Crippen molar-refractivity contribution in [1.82, 2.24) is 4.98 Å². The number of aromatic nitrogens is 1. The molecular weight excluding hydrogens is 369 g/mol. The number of halogens is 3. The SMILES string of the molecule is CS(=O)(=O)c1ccc(NC(=O)[C@H]2C[C@@H]2c2ccccc2C(F)(F)F)cn1. The van der Waals surface area contributed by atoms with E-state index >= 15 is 0 Å². The van der Waals surface area contributed by atoms with E-state index in [1.807, 2.05) is 0 Å². The zero-order valence-electron chi connectivity index (χ0n) is 13.6. The Labute approximate surface area is 148 Å². The lowest BCUT2D eigenvalue weighted by Gasteiger charge is -2.12. The Morgan fingerprint density at radius 1 is 1.19 bits per heavy atom. The number of carbonyl (C=O) groups is 1. The summed E-state index contributed by atoms with van der Waals surface area (Å²) >= 11 is 0. The van der Waals surface area contributed by atoms with E-state index in [4.69, 9.17) is 0 Å². The van der Waals surface area contributed by atoms with Crippen molar-refractivity contribution in [2.24, 2.45) is 5.92 Å². The Kier molecular flexibility index (Phi) is 4.51. The van der Waals surface area contributed by atoms with Crippen molar-refractivity contribution in [3.63, 3.8) is 0 Å². The number of nitrogens with zero attached hydrogens (tertiary/aromatic N) is 1. The summed E-state index contributed by atoms with van der Waals surface area (Å²) in [6.07, 6.45) is -1.92. The standard InChI is InChI=1S/C17H15F3N2O3S/c1-26(24,25)15-7-6-10(9-21-15)22-16(23)13-8-12(13)11-4-2-3-5-14(11)17(18,19)20/h2-7,9,12-13H,8H2,1H3,(H,22,23)/t12-,13+/m1/s1. The molecule has 3 rings (SSSR count). The molecule has 1 heterocycles. The van der Waals surface area contributed by atoms with Gasteiger partial charge in [0.15, 0.2) is 14.9 Å². The molecule has 2 atom stereocenters. The van der Waals surface area contributed by atoms with Crippen LogP contribution in [-0.2, 0) is 20.8 Å². The normalized spacial score (nSPS) is 19.8. The molecular formula is C17H15F3N2O3S. The van der Waals surface area contributed by atoms with E-state index in [-0.39, 0.29) is 16.3 Å². The zero-order chi connectivity index (χ0) is 19.1. The fourth-order valence-corrected chi connectivity index (χ4v) is 3.37. The van der Waals surface area contributed by atoms with Crippen molar-refractivity contribution in [2.45, 2.75) is 23.5 Å². The van der Waals surface area contributed by atoms with Gasteiger partial charge >= 0.3 is 6.18 Å². The molecule has 1 aliphatic carbocycles. The quantitative estimate of drug-likeness (QED) is 0.878. The summed E-state index contributed by atoms with van der Waals surface area (Å²) in [5, 5.41) is 2.44. The van der Waals surface area contributed by atoms with Crippen LogP contribution >= 0.6 is 0 Å². The lowest BCUT2D eigenvalue weighted by molar-refractivity contribution is -0.138. The van der Waals surface area contributed by atoms with Crippen molar-refractivity contribution in [1.29, 1.82) is 0 Å². The summed E-state index contributed by atoms with van der Waals surface area (Å²) in [6.45, 7) is 0. The van der Waals surface area contributed by atoms with Crippen LogP contribution in [0.5, 0.6) is 0 Å². The van der Waals surface area contributed by atoms with Gasteiger partial charge in [-0.15, -0.1) is 0 Å². The largest absolute Gasteiger partial charge is 0.416 e. The summed E-state index contributed by atoms with van der Waals surface area (Å²) in [5.74, 6) is -1.47. The molecule has 1 aliphatic rings. The molecule has 1 saturated carbocycles. The van der Waals surface area contributed by atoms with Crippen molar-refractivity contribution >= 4 is 21.4 Å². The Bertz CT molecular complexity index is 940. The first-order valence-corrected chi connectivity index (χ1v) is 9.59. The van der Waals surface area contributed by atoms with Gasteiger partial charge in [0.2, 0.25) is 5.91 Å². The molecule has 1 aromatic heterocycles. The molecule has 0 radical (unpaired) electrons. The molecule has 0 unspecified atom stereocenters. The number of alkyl halides is 3. The number of pyridine rings is 1. The molecule has 1 amide bonds. The van der Waals surface area contributed by atoms with Crippen molar-refractivity contribution in [3.05, 3.63) is 53.7 Å². The maximum atomic E-state index is 13.1. The minimum atomic E-state index is -4.47. The maximum Gasteiger partial charge on any atom is 0.416 e. The fourth-order valence-electron chi connectivity index (χ4n) is 2.82. The van der Waals surface area contributed by atoms with E-state index in [1.165, 1.54) is 36.5 Å². The number of sulfone groups is 1. The smallest absolute Gasteiger partial charge is 0.324 e. The highest BCUT2D eigenvalue weighted by atomic mass is 32.2. The second kappa shape index (κ2) is 6.39. The Morgan fingerprint density at radius 2 is 1.88 bits per heavy atom. The number of hydrogen-bond donors (Lipinski definition) is 1. The first-order chi connectivity index (χ1) is 12.1. The van der Waals surface area contributed by atoms with Crippen molar-refractivity contribution < 1.29 is 26.4 Å². The minimum absolute atomic E-state index is 0.116. The Balaban J connectivity index is 1.71. The molecule has 138 valence electrons. The van der Waals surface area contributed by atoms with Gasteiger partial charge in [-0.2, -0.15) is 13.2 Å². The number of amides is 1. The first kappa shape index (κ1) is 18.4. The van der Waals surface area contributed by atoms with Gasteiger partial charge in [0.1, 0.15) is 0 Å². The van der Waals surface area contributed by atoms with E-state index in [0.717, 1.165) is 12.3 Å². The first-order valence-electron chi connectivity index (χ1n) is 7.70. The molecule has 9 heteroatoms. The predicted molar refractivity (Wildman–Crippen MR) is 88.3 cm³/mol. The Hall–Kier alpha value is -2.42.